The fourth-order valence-electron chi connectivity index (χ4n) is 5.03. The number of piperidine rings is 1. The van der Waals surface area contributed by atoms with Gasteiger partial charge in [0.15, 0.2) is 11.6 Å². The van der Waals surface area contributed by atoms with Gasteiger partial charge in [-0.2, -0.15) is 4.39 Å². The Bertz CT molecular complexity index is 1340. The number of rotatable bonds is 10. The van der Waals surface area contributed by atoms with Gasteiger partial charge < -0.3 is 14.6 Å². The lowest BCUT2D eigenvalue weighted by Crippen LogP contribution is -2.49. The Kier molecular flexibility index (Phi) is 9.16. The standard InChI is InChI=1S/C27H29ClF3N3O5/c1-38-17-2-3-21-18(14-17)24(19(28)15-32-21)22(35)4-5-27(26(36)33-37)6-8-34(9-7-27)10-11-39-23-13-16(29)12-20(30)25(23)31/h2-3,12-15,22,35,37H,4-11H2,1H3,(H,33,36). The molecule has 8 nitrogen and oxygen atoms in total. The number of aliphatic hydroxyl groups is 1. The van der Waals surface area contributed by atoms with Gasteiger partial charge >= 0.3 is 0 Å². The first-order valence-corrected chi connectivity index (χ1v) is 12.8. The zero-order valence-corrected chi connectivity index (χ0v) is 22.0. The van der Waals surface area contributed by atoms with Crippen molar-refractivity contribution in [1.29, 1.82) is 0 Å². The van der Waals surface area contributed by atoms with Gasteiger partial charge in [0.05, 0.1) is 29.2 Å². The molecule has 0 radical (unpaired) electrons. The number of fused-ring (bicyclic) bond motifs is 1. The van der Waals surface area contributed by atoms with Gasteiger partial charge in [0.1, 0.15) is 18.2 Å². The number of carbonyl (C=O) groups excluding carboxylic acids is 1. The second-order valence-electron chi connectivity index (χ2n) is 9.57. The number of amides is 1. The number of likely N-dealkylation sites (tertiary alicyclic amines) is 1. The maximum absolute atomic E-state index is 13.8. The molecule has 3 N–H and O–H groups in total. The van der Waals surface area contributed by atoms with Crippen molar-refractivity contribution in [3.05, 3.63) is 64.6 Å². The van der Waals surface area contributed by atoms with Crippen LogP contribution in [0.15, 0.2) is 36.5 Å². The summed E-state index contributed by atoms with van der Waals surface area (Å²) in [5.74, 6) is -4.00. The molecule has 1 unspecified atom stereocenters. The van der Waals surface area contributed by atoms with Crippen molar-refractivity contribution in [2.45, 2.75) is 31.8 Å². The first-order chi connectivity index (χ1) is 18.7. The number of methoxy groups -OCH3 is 1. The number of nitrogens with zero attached hydrogens (tertiary/aromatic N) is 2. The molecular weight excluding hydrogens is 539 g/mol. The van der Waals surface area contributed by atoms with E-state index in [0.29, 0.717) is 60.8 Å². The average molecular weight is 568 g/mol. The third-order valence-corrected chi connectivity index (χ3v) is 7.62. The van der Waals surface area contributed by atoms with E-state index in [0.717, 1.165) is 6.07 Å². The summed E-state index contributed by atoms with van der Waals surface area (Å²) in [6.45, 7) is 1.21. The molecule has 1 fully saturated rings. The largest absolute Gasteiger partial charge is 0.497 e. The number of halogens is 4. The summed E-state index contributed by atoms with van der Waals surface area (Å²) >= 11 is 6.41. The van der Waals surface area contributed by atoms with Crippen LogP contribution in [0.1, 0.15) is 37.4 Å². The number of hydrogen-bond acceptors (Lipinski definition) is 7. The van der Waals surface area contributed by atoms with Crippen molar-refractivity contribution in [2.75, 3.05) is 33.4 Å². The first kappa shape index (κ1) is 28.9. The minimum Gasteiger partial charge on any atom is -0.497 e. The van der Waals surface area contributed by atoms with E-state index in [1.54, 1.807) is 23.7 Å². The third-order valence-electron chi connectivity index (χ3n) is 7.32. The third kappa shape index (κ3) is 6.38. The van der Waals surface area contributed by atoms with Crippen LogP contribution in [0.5, 0.6) is 11.5 Å². The van der Waals surface area contributed by atoms with E-state index in [1.807, 2.05) is 4.90 Å². The molecule has 0 bridgehead atoms. The van der Waals surface area contributed by atoms with Crippen molar-refractivity contribution in [2.24, 2.45) is 5.41 Å². The SMILES string of the molecule is COc1ccc2ncc(Cl)c(C(O)CCC3(C(=O)NO)CCN(CCOc4cc(F)cc(F)c4F)CC3)c2c1. The molecule has 39 heavy (non-hydrogen) atoms. The predicted molar refractivity (Wildman–Crippen MR) is 137 cm³/mol. The summed E-state index contributed by atoms with van der Waals surface area (Å²) in [7, 11) is 1.53. The van der Waals surface area contributed by atoms with Crippen LogP contribution >= 0.6 is 11.6 Å². The monoisotopic (exact) mass is 567 g/mol. The summed E-state index contributed by atoms with van der Waals surface area (Å²) < 4.78 is 51.1. The lowest BCUT2D eigenvalue weighted by Gasteiger charge is -2.40. The highest BCUT2D eigenvalue weighted by Gasteiger charge is 2.41. The van der Waals surface area contributed by atoms with E-state index in [2.05, 4.69) is 4.98 Å². The Morgan fingerprint density at radius 3 is 2.67 bits per heavy atom. The molecule has 2 heterocycles. The minimum absolute atomic E-state index is 0.0190. The van der Waals surface area contributed by atoms with Crippen LogP contribution in [-0.4, -0.2) is 59.5 Å². The summed E-state index contributed by atoms with van der Waals surface area (Å²) in [5.41, 5.74) is 1.93. The molecular formula is C27H29ClF3N3O5. The Morgan fingerprint density at radius 2 is 1.97 bits per heavy atom. The number of pyridine rings is 1. The Hall–Kier alpha value is -3.12. The van der Waals surface area contributed by atoms with Gasteiger partial charge in [-0.25, -0.2) is 14.3 Å². The molecule has 0 spiro atoms. The molecule has 1 aliphatic heterocycles. The van der Waals surface area contributed by atoms with Crippen molar-refractivity contribution >= 4 is 28.4 Å². The molecule has 3 aromatic rings. The van der Waals surface area contributed by atoms with E-state index >= 15 is 0 Å². The molecule has 1 amide bonds. The highest BCUT2D eigenvalue weighted by molar-refractivity contribution is 6.32. The topological polar surface area (TPSA) is 104 Å². The fraction of sp³-hybridized carbons (Fsp3) is 0.407. The summed E-state index contributed by atoms with van der Waals surface area (Å²) in [6.07, 6.45) is 1.66. The molecule has 210 valence electrons. The molecule has 1 atom stereocenters. The first-order valence-electron chi connectivity index (χ1n) is 12.4. The number of hydrogen-bond donors (Lipinski definition) is 3. The molecule has 1 aromatic heterocycles. The van der Waals surface area contributed by atoms with Crippen LogP contribution in [0.2, 0.25) is 5.02 Å². The van der Waals surface area contributed by atoms with E-state index < -0.39 is 40.6 Å². The normalized spacial score (nSPS) is 16.2. The van der Waals surface area contributed by atoms with Crippen LogP contribution in [0, 0.1) is 22.9 Å². The smallest absolute Gasteiger partial charge is 0.249 e. The van der Waals surface area contributed by atoms with Gasteiger partial charge in [0.2, 0.25) is 11.7 Å². The van der Waals surface area contributed by atoms with Gasteiger partial charge in [-0.1, -0.05) is 11.6 Å². The minimum atomic E-state index is -1.33. The number of nitrogens with one attached hydrogen (secondary N) is 1. The molecule has 2 aromatic carbocycles. The quantitative estimate of drug-likeness (QED) is 0.184. The van der Waals surface area contributed by atoms with Gasteiger partial charge in [0.25, 0.3) is 0 Å². The van der Waals surface area contributed by atoms with Crippen LogP contribution in [0.25, 0.3) is 10.9 Å². The number of benzene rings is 2. The number of carbonyl (C=O) groups is 1. The van der Waals surface area contributed by atoms with E-state index in [4.69, 9.17) is 21.1 Å². The molecule has 0 aliphatic carbocycles. The number of aliphatic hydroxyl groups excluding tert-OH is 1. The average Bonchev–Trinajstić information content (AvgIpc) is 2.94. The highest BCUT2D eigenvalue weighted by atomic mass is 35.5. The summed E-state index contributed by atoms with van der Waals surface area (Å²) in [6, 6.07) is 6.49. The Morgan fingerprint density at radius 1 is 1.23 bits per heavy atom. The van der Waals surface area contributed by atoms with Crippen molar-refractivity contribution < 1.29 is 37.8 Å². The molecule has 1 saturated heterocycles. The molecule has 0 saturated carbocycles. The maximum Gasteiger partial charge on any atom is 0.249 e. The summed E-state index contributed by atoms with van der Waals surface area (Å²) in [4.78, 5) is 19.0. The van der Waals surface area contributed by atoms with Crippen molar-refractivity contribution in [1.82, 2.24) is 15.4 Å². The predicted octanol–water partition coefficient (Wildman–Crippen LogP) is 4.79. The van der Waals surface area contributed by atoms with Gasteiger partial charge in [0, 0.05) is 35.8 Å². The highest BCUT2D eigenvalue weighted by Crippen LogP contribution is 2.41. The van der Waals surface area contributed by atoms with Crippen LogP contribution in [0.4, 0.5) is 13.2 Å². The van der Waals surface area contributed by atoms with Gasteiger partial charge in [-0.05, 0) is 57.0 Å². The van der Waals surface area contributed by atoms with E-state index in [1.165, 1.54) is 13.3 Å². The van der Waals surface area contributed by atoms with Crippen LogP contribution < -0.4 is 15.0 Å². The second-order valence-corrected chi connectivity index (χ2v) is 9.98. The van der Waals surface area contributed by atoms with Gasteiger partial charge in [-0.3, -0.25) is 19.9 Å². The fourth-order valence-corrected chi connectivity index (χ4v) is 5.30. The van der Waals surface area contributed by atoms with Crippen LogP contribution in [-0.2, 0) is 4.79 Å². The van der Waals surface area contributed by atoms with E-state index in [-0.39, 0.29) is 24.5 Å². The second kappa shape index (κ2) is 12.4. The lowest BCUT2D eigenvalue weighted by molar-refractivity contribution is -0.143. The molecule has 4 rings (SSSR count). The number of hydroxylamine groups is 1. The van der Waals surface area contributed by atoms with Crippen molar-refractivity contribution in [3.8, 4) is 11.5 Å². The van der Waals surface area contributed by atoms with Crippen LogP contribution in [0.3, 0.4) is 0 Å². The van der Waals surface area contributed by atoms with Crippen molar-refractivity contribution in [3.63, 3.8) is 0 Å². The Balaban J connectivity index is 1.40. The van der Waals surface area contributed by atoms with E-state index in [9.17, 15) is 28.3 Å². The molecule has 12 heteroatoms. The summed E-state index contributed by atoms with van der Waals surface area (Å²) in [5, 5.41) is 21.5. The zero-order valence-electron chi connectivity index (χ0n) is 21.2. The number of aromatic nitrogens is 1. The molecule has 1 aliphatic rings. The number of ether oxygens (including phenoxy) is 2. The lowest BCUT2D eigenvalue weighted by atomic mass is 9.73. The maximum atomic E-state index is 13.8. The van der Waals surface area contributed by atoms with Gasteiger partial charge in [-0.15, -0.1) is 0 Å². The Labute approximate surface area is 228 Å². The zero-order chi connectivity index (χ0) is 28.2.